The number of hydrogen-bond donors (Lipinski definition) is 1. The van der Waals surface area contributed by atoms with E-state index in [1.807, 2.05) is 6.07 Å². The Morgan fingerprint density at radius 3 is 2.84 bits per heavy atom. The lowest BCUT2D eigenvalue weighted by Gasteiger charge is -2.15. The van der Waals surface area contributed by atoms with Crippen LogP contribution in [-0.4, -0.2) is 18.6 Å². The van der Waals surface area contributed by atoms with Crippen molar-refractivity contribution in [3.63, 3.8) is 0 Å². The molecule has 0 aliphatic heterocycles. The molecule has 1 aromatic rings. The molecule has 102 valence electrons. The molecule has 1 aromatic carbocycles. The number of hydrogen-bond acceptors (Lipinski definition) is 3. The van der Waals surface area contributed by atoms with Gasteiger partial charge in [0.2, 0.25) is 0 Å². The second-order valence-corrected chi connectivity index (χ2v) is 5.32. The van der Waals surface area contributed by atoms with Gasteiger partial charge in [0.05, 0.1) is 18.1 Å². The van der Waals surface area contributed by atoms with Crippen LogP contribution in [0.5, 0.6) is 5.75 Å². The molecular formula is C15H18ClNO2. The summed E-state index contributed by atoms with van der Waals surface area (Å²) in [4.78, 5) is 12.4. The van der Waals surface area contributed by atoms with E-state index in [1.165, 1.54) is 7.11 Å². The van der Waals surface area contributed by atoms with E-state index in [0.29, 0.717) is 22.9 Å². The zero-order chi connectivity index (χ0) is 14.0. The number of nitrogens with one attached hydrogen (secondary N) is 1. The summed E-state index contributed by atoms with van der Waals surface area (Å²) in [5, 5.41) is 8.59. The number of carbonyl (C=O) groups is 1. The highest BCUT2D eigenvalue weighted by Gasteiger charge is 2.40. The Morgan fingerprint density at radius 1 is 1.47 bits per heavy atom. The molecule has 0 amide bonds. The number of methoxy groups -OCH3 is 1. The van der Waals surface area contributed by atoms with Crippen LogP contribution in [0.3, 0.4) is 0 Å². The van der Waals surface area contributed by atoms with Crippen molar-refractivity contribution in [3.8, 4) is 5.75 Å². The summed E-state index contributed by atoms with van der Waals surface area (Å²) in [7, 11) is 1.54. The number of rotatable bonds is 4. The normalized spacial score (nSPS) is 22.9. The van der Waals surface area contributed by atoms with Crippen LogP contribution >= 0.6 is 11.6 Å². The van der Waals surface area contributed by atoms with Crippen LogP contribution in [0.15, 0.2) is 18.2 Å². The van der Waals surface area contributed by atoms with Crippen molar-refractivity contribution in [2.24, 2.45) is 5.92 Å². The highest BCUT2D eigenvalue weighted by molar-refractivity contribution is 6.32. The van der Waals surface area contributed by atoms with E-state index in [9.17, 15) is 4.79 Å². The van der Waals surface area contributed by atoms with Gasteiger partial charge in [-0.25, -0.2) is 0 Å². The molecule has 2 rings (SSSR count). The summed E-state index contributed by atoms with van der Waals surface area (Å²) in [6.07, 6.45) is 2.37. The number of para-hydroxylation sites is 1. The first-order chi connectivity index (χ1) is 9.10. The first-order valence-electron chi connectivity index (χ1n) is 6.53. The van der Waals surface area contributed by atoms with Gasteiger partial charge in [-0.15, -0.1) is 0 Å². The molecule has 19 heavy (non-hydrogen) atoms. The van der Waals surface area contributed by atoms with E-state index in [0.717, 1.165) is 18.4 Å². The average molecular weight is 280 g/mol. The van der Waals surface area contributed by atoms with Gasteiger partial charge in [-0.3, -0.25) is 4.79 Å². The zero-order valence-electron chi connectivity index (χ0n) is 11.2. The Hall–Kier alpha value is -1.35. The standard InChI is InChI=1S/C15H18ClNO2/c1-3-5-9-8-12(17)13(14(9)18)10-6-4-7-11(16)15(10)19-2/h4,6-7,9,13,17H,3,5,8H2,1-2H3. The largest absolute Gasteiger partial charge is 0.495 e. The third-order valence-corrected chi connectivity index (χ3v) is 3.95. The molecule has 2 unspecified atom stereocenters. The maximum absolute atomic E-state index is 12.4. The Morgan fingerprint density at radius 2 is 2.21 bits per heavy atom. The van der Waals surface area contributed by atoms with Crippen molar-refractivity contribution in [1.82, 2.24) is 0 Å². The molecule has 0 bridgehead atoms. The second kappa shape index (κ2) is 5.74. The van der Waals surface area contributed by atoms with Crippen molar-refractivity contribution in [1.29, 1.82) is 5.41 Å². The lowest BCUT2D eigenvalue weighted by Crippen LogP contribution is -2.16. The maximum Gasteiger partial charge on any atom is 0.149 e. The van der Waals surface area contributed by atoms with Crippen molar-refractivity contribution in [2.75, 3.05) is 7.11 Å². The quantitative estimate of drug-likeness (QED) is 0.910. The minimum atomic E-state index is -0.481. The van der Waals surface area contributed by atoms with Crippen molar-refractivity contribution >= 4 is 23.1 Å². The van der Waals surface area contributed by atoms with Crippen LogP contribution in [0.25, 0.3) is 0 Å². The van der Waals surface area contributed by atoms with Crippen molar-refractivity contribution < 1.29 is 9.53 Å². The summed E-state index contributed by atoms with van der Waals surface area (Å²) >= 11 is 6.09. The Bertz CT molecular complexity index is 513. The predicted octanol–water partition coefficient (Wildman–Crippen LogP) is 3.84. The number of ether oxygens (including phenoxy) is 1. The molecule has 0 radical (unpaired) electrons. The summed E-state index contributed by atoms with van der Waals surface area (Å²) in [6.45, 7) is 2.06. The molecular weight excluding hydrogens is 262 g/mol. The van der Waals surface area contributed by atoms with E-state index in [4.69, 9.17) is 21.7 Å². The molecule has 4 heteroatoms. The third kappa shape index (κ3) is 2.52. The minimum Gasteiger partial charge on any atom is -0.495 e. The van der Waals surface area contributed by atoms with Gasteiger partial charge in [-0.05, 0) is 18.9 Å². The summed E-state index contributed by atoms with van der Waals surface area (Å²) in [5.74, 6) is 0.146. The van der Waals surface area contributed by atoms with E-state index in [2.05, 4.69) is 6.92 Å². The second-order valence-electron chi connectivity index (χ2n) is 4.91. The molecule has 2 atom stereocenters. The fraction of sp³-hybridized carbons (Fsp3) is 0.467. The summed E-state index contributed by atoms with van der Waals surface area (Å²) < 4.78 is 5.30. The number of Topliss-reactive ketones (excluding diaryl/α,β-unsaturated/α-hetero) is 1. The number of benzene rings is 1. The molecule has 1 saturated carbocycles. The first kappa shape index (κ1) is 14.1. The summed E-state index contributed by atoms with van der Waals surface area (Å²) in [5.41, 5.74) is 1.20. The Labute approximate surface area is 118 Å². The van der Waals surface area contributed by atoms with Gasteiger partial charge in [-0.2, -0.15) is 0 Å². The lowest BCUT2D eigenvalue weighted by molar-refractivity contribution is -0.121. The fourth-order valence-electron chi connectivity index (χ4n) is 2.79. The molecule has 1 aliphatic rings. The minimum absolute atomic E-state index is 0.0220. The van der Waals surface area contributed by atoms with Gasteiger partial charge in [0.25, 0.3) is 0 Å². The Balaban J connectivity index is 2.39. The monoisotopic (exact) mass is 279 g/mol. The summed E-state index contributed by atoms with van der Waals surface area (Å²) in [6, 6.07) is 5.36. The molecule has 3 nitrogen and oxygen atoms in total. The number of halogens is 1. The highest BCUT2D eigenvalue weighted by atomic mass is 35.5. The maximum atomic E-state index is 12.4. The van der Waals surface area contributed by atoms with E-state index < -0.39 is 5.92 Å². The van der Waals surface area contributed by atoms with Crippen molar-refractivity contribution in [2.45, 2.75) is 32.1 Å². The van der Waals surface area contributed by atoms with Gasteiger partial charge < -0.3 is 10.1 Å². The van der Waals surface area contributed by atoms with Gasteiger partial charge in [0.1, 0.15) is 11.5 Å². The molecule has 0 aromatic heterocycles. The van der Waals surface area contributed by atoms with Crippen LogP contribution in [0.1, 0.15) is 37.7 Å². The van der Waals surface area contributed by atoms with Gasteiger partial charge in [-0.1, -0.05) is 37.1 Å². The lowest BCUT2D eigenvalue weighted by atomic mass is 9.92. The molecule has 1 N–H and O–H groups in total. The molecule has 0 heterocycles. The molecule has 0 spiro atoms. The van der Waals surface area contributed by atoms with Crippen LogP contribution in [0, 0.1) is 11.3 Å². The van der Waals surface area contributed by atoms with Crippen LogP contribution in [0.4, 0.5) is 0 Å². The number of ketones is 1. The molecule has 1 fully saturated rings. The van der Waals surface area contributed by atoms with E-state index in [1.54, 1.807) is 12.1 Å². The van der Waals surface area contributed by atoms with E-state index >= 15 is 0 Å². The van der Waals surface area contributed by atoms with E-state index in [-0.39, 0.29) is 11.7 Å². The SMILES string of the molecule is CCCC1CC(=N)C(c2cccc(Cl)c2OC)C1=O. The third-order valence-electron chi connectivity index (χ3n) is 3.65. The fourth-order valence-corrected chi connectivity index (χ4v) is 3.05. The Kier molecular flexibility index (Phi) is 4.25. The van der Waals surface area contributed by atoms with Crippen LogP contribution < -0.4 is 4.74 Å². The number of carbonyl (C=O) groups excluding carboxylic acids is 1. The molecule has 0 saturated heterocycles. The predicted molar refractivity (Wildman–Crippen MR) is 76.5 cm³/mol. The smallest absolute Gasteiger partial charge is 0.149 e. The van der Waals surface area contributed by atoms with Gasteiger partial charge in [0.15, 0.2) is 0 Å². The van der Waals surface area contributed by atoms with Crippen LogP contribution in [-0.2, 0) is 4.79 Å². The topological polar surface area (TPSA) is 50.1 Å². The van der Waals surface area contributed by atoms with Crippen LogP contribution in [0.2, 0.25) is 5.02 Å². The zero-order valence-corrected chi connectivity index (χ0v) is 12.0. The first-order valence-corrected chi connectivity index (χ1v) is 6.91. The van der Waals surface area contributed by atoms with Crippen molar-refractivity contribution in [3.05, 3.63) is 28.8 Å². The van der Waals surface area contributed by atoms with Gasteiger partial charge in [0, 0.05) is 17.2 Å². The molecule has 1 aliphatic carbocycles. The highest BCUT2D eigenvalue weighted by Crippen LogP contribution is 2.41. The van der Waals surface area contributed by atoms with Gasteiger partial charge >= 0.3 is 0 Å². The average Bonchev–Trinajstić information content (AvgIpc) is 2.65.